The molecule has 2 atom stereocenters. The minimum Gasteiger partial charge on any atom is -0.468 e. The molecule has 2 unspecified atom stereocenters. The highest BCUT2D eigenvalue weighted by Crippen LogP contribution is 2.22. The van der Waals surface area contributed by atoms with E-state index >= 15 is 0 Å². The normalized spacial score (nSPS) is 22.0. The Morgan fingerprint density at radius 3 is 2.43 bits per heavy atom. The number of esters is 1. The Hall–Kier alpha value is -0.650. The van der Waals surface area contributed by atoms with Crippen LogP contribution in [0.3, 0.4) is 0 Å². The number of hydrogen-bond acceptors (Lipinski definition) is 5. The number of ether oxygens (including phenoxy) is 1. The molecule has 0 amide bonds. The minimum atomic E-state index is -0.596. The molecular weight excluding hydrogens is 266 g/mol. The van der Waals surface area contributed by atoms with Crippen molar-refractivity contribution in [1.82, 2.24) is 15.1 Å². The Kier molecular flexibility index (Phi) is 7.10. The molecule has 0 aromatic rings. The summed E-state index contributed by atoms with van der Waals surface area (Å²) in [7, 11) is 5.78. The molecule has 124 valence electrons. The predicted molar refractivity (Wildman–Crippen MR) is 86.5 cm³/mol. The van der Waals surface area contributed by atoms with Crippen molar-refractivity contribution in [2.45, 2.75) is 57.7 Å². The highest BCUT2D eigenvalue weighted by molar-refractivity contribution is 5.80. The van der Waals surface area contributed by atoms with Crippen LogP contribution in [0.25, 0.3) is 0 Å². The van der Waals surface area contributed by atoms with Crippen molar-refractivity contribution in [2.75, 3.05) is 40.8 Å². The van der Waals surface area contributed by atoms with E-state index in [1.165, 1.54) is 20.0 Å². The SMILES string of the molecule is CCNC(C)(CC(C)N1CCC(N(C)C)CC1)C(=O)OC. The largest absolute Gasteiger partial charge is 0.468 e. The number of piperidine rings is 1. The summed E-state index contributed by atoms with van der Waals surface area (Å²) in [4.78, 5) is 16.9. The number of hydrogen-bond donors (Lipinski definition) is 1. The van der Waals surface area contributed by atoms with Gasteiger partial charge in [-0.1, -0.05) is 6.92 Å². The Morgan fingerprint density at radius 1 is 1.43 bits per heavy atom. The van der Waals surface area contributed by atoms with E-state index in [9.17, 15) is 4.79 Å². The number of carbonyl (C=O) groups is 1. The first-order valence-electron chi connectivity index (χ1n) is 8.08. The first kappa shape index (κ1) is 18.4. The summed E-state index contributed by atoms with van der Waals surface area (Å²) in [5, 5.41) is 3.30. The van der Waals surface area contributed by atoms with Crippen molar-refractivity contribution in [1.29, 1.82) is 0 Å². The van der Waals surface area contributed by atoms with Gasteiger partial charge in [0.2, 0.25) is 0 Å². The van der Waals surface area contributed by atoms with E-state index in [1.807, 2.05) is 13.8 Å². The molecule has 5 nitrogen and oxygen atoms in total. The first-order valence-corrected chi connectivity index (χ1v) is 8.08. The molecule has 0 bridgehead atoms. The molecule has 21 heavy (non-hydrogen) atoms. The molecule has 1 rings (SSSR count). The summed E-state index contributed by atoms with van der Waals surface area (Å²) in [5.41, 5.74) is -0.596. The second-order valence-corrected chi connectivity index (χ2v) is 6.64. The molecule has 1 fully saturated rings. The molecule has 0 aromatic carbocycles. The van der Waals surface area contributed by atoms with E-state index in [0.717, 1.165) is 26.1 Å². The van der Waals surface area contributed by atoms with Crippen molar-refractivity contribution >= 4 is 5.97 Å². The standard InChI is InChI=1S/C16H33N3O2/c1-7-17-16(3,15(20)21-6)12-13(2)19-10-8-14(9-11-19)18(4)5/h13-14,17H,7-12H2,1-6H3. The molecule has 0 radical (unpaired) electrons. The molecular formula is C16H33N3O2. The Balaban J connectivity index is 2.58. The molecule has 1 aliphatic heterocycles. The quantitative estimate of drug-likeness (QED) is 0.719. The second-order valence-electron chi connectivity index (χ2n) is 6.64. The lowest BCUT2D eigenvalue weighted by Crippen LogP contribution is -2.55. The van der Waals surface area contributed by atoms with Gasteiger partial charge in [-0.2, -0.15) is 0 Å². The fraction of sp³-hybridized carbons (Fsp3) is 0.938. The summed E-state index contributed by atoms with van der Waals surface area (Å²) in [6.45, 7) is 9.16. The van der Waals surface area contributed by atoms with Crippen LogP contribution in [0.1, 0.15) is 40.0 Å². The summed E-state index contributed by atoms with van der Waals surface area (Å²) < 4.78 is 4.98. The minimum absolute atomic E-state index is 0.167. The number of likely N-dealkylation sites (tertiary alicyclic amines) is 1. The van der Waals surface area contributed by atoms with Gasteiger partial charge in [0, 0.05) is 12.1 Å². The zero-order valence-electron chi connectivity index (χ0n) is 14.6. The lowest BCUT2D eigenvalue weighted by atomic mass is 9.91. The number of methoxy groups -OCH3 is 1. The lowest BCUT2D eigenvalue weighted by Gasteiger charge is -2.41. The third-order valence-electron chi connectivity index (χ3n) is 4.76. The zero-order chi connectivity index (χ0) is 16.0. The number of nitrogens with zero attached hydrogens (tertiary/aromatic N) is 2. The second kappa shape index (κ2) is 8.11. The Labute approximate surface area is 130 Å². The van der Waals surface area contributed by atoms with Crippen molar-refractivity contribution in [3.63, 3.8) is 0 Å². The van der Waals surface area contributed by atoms with Gasteiger partial charge < -0.3 is 19.9 Å². The molecule has 0 aliphatic carbocycles. The Bertz CT molecular complexity index is 327. The third kappa shape index (κ3) is 4.94. The van der Waals surface area contributed by atoms with E-state index in [4.69, 9.17) is 4.74 Å². The number of rotatable bonds is 7. The topological polar surface area (TPSA) is 44.8 Å². The number of nitrogens with one attached hydrogen (secondary N) is 1. The van der Waals surface area contributed by atoms with Crippen LogP contribution in [0.5, 0.6) is 0 Å². The smallest absolute Gasteiger partial charge is 0.325 e. The predicted octanol–water partition coefficient (Wildman–Crippen LogP) is 1.33. The average Bonchev–Trinajstić information content (AvgIpc) is 2.46. The third-order valence-corrected chi connectivity index (χ3v) is 4.76. The highest BCUT2D eigenvalue weighted by atomic mass is 16.5. The molecule has 1 saturated heterocycles. The number of carbonyl (C=O) groups excluding carboxylic acids is 1. The van der Waals surface area contributed by atoms with Gasteiger partial charge in [-0.3, -0.25) is 4.79 Å². The maximum Gasteiger partial charge on any atom is 0.325 e. The van der Waals surface area contributed by atoms with Gasteiger partial charge in [0.15, 0.2) is 0 Å². The van der Waals surface area contributed by atoms with Gasteiger partial charge in [0.05, 0.1) is 7.11 Å². The first-order chi connectivity index (χ1) is 9.84. The molecule has 0 saturated carbocycles. The van der Waals surface area contributed by atoms with E-state index in [1.54, 1.807) is 0 Å². The van der Waals surface area contributed by atoms with Crippen molar-refractivity contribution in [3.05, 3.63) is 0 Å². The Morgan fingerprint density at radius 2 is 2.00 bits per heavy atom. The van der Waals surface area contributed by atoms with Crippen molar-refractivity contribution in [3.8, 4) is 0 Å². The summed E-state index contributed by atoms with van der Waals surface area (Å²) in [5.74, 6) is -0.167. The lowest BCUT2D eigenvalue weighted by molar-refractivity contribution is -0.148. The summed E-state index contributed by atoms with van der Waals surface area (Å²) in [6, 6.07) is 1.06. The van der Waals surface area contributed by atoms with Crippen molar-refractivity contribution < 1.29 is 9.53 Å². The van der Waals surface area contributed by atoms with Gasteiger partial charge >= 0.3 is 5.97 Å². The highest BCUT2D eigenvalue weighted by Gasteiger charge is 2.37. The van der Waals surface area contributed by atoms with Crippen LogP contribution in [0.4, 0.5) is 0 Å². The van der Waals surface area contributed by atoms with Gasteiger partial charge in [0.1, 0.15) is 5.54 Å². The van der Waals surface area contributed by atoms with Crippen LogP contribution in [0.15, 0.2) is 0 Å². The van der Waals surface area contributed by atoms with Crippen LogP contribution >= 0.6 is 0 Å². The van der Waals surface area contributed by atoms with Gasteiger partial charge in [-0.15, -0.1) is 0 Å². The van der Waals surface area contributed by atoms with Crippen molar-refractivity contribution in [2.24, 2.45) is 0 Å². The van der Waals surface area contributed by atoms with Crippen LogP contribution in [-0.2, 0) is 9.53 Å². The van der Waals surface area contributed by atoms with Gasteiger partial charge in [0.25, 0.3) is 0 Å². The number of likely N-dealkylation sites (N-methyl/N-ethyl adjacent to an activating group) is 1. The van der Waals surface area contributed by atoms with E-state index in [-0.39, 0.29) is 5.97 Å². The van der Waals surface area contributed by atoms with E-state index in [2.05, 4.69) is 36.1 Å². The average molecular weight is 299 g/mol. The van der Waals surface area contributed by atoms with E-state index < -0.39 is 5.54 Å². The van der Waals surface area contributed by atoms with Crippen LogP contribution < -0.4 is 5.32 Å². The maximum atomic E-state index is 12.1. The van der Waals surface area contributed by atoms with Crippen LogP contribution in [0, 0.1) is 0 Å². The molecule has 1 N–H and O–H groups in total. The zero-order valence-corrected chi connectivity index (χ0v) is 14.6. The fourth-order valence-corrected chi connectivity index (χ4v) is 3.41. The monoisotopic (exact) mass is 299 g/mol. The van der Waals surface area contributed by atoms with E-state index in [0.29, 0.717) is 12.1 Å². The summed E-state index contributed by atoms with van der Waals surface area (Å²) >= 11 is 0. The molecule has 5 heteroatoms. The van der Waals surface area contributed by atoms with Crippen LogP contribution in [0.2, 0.25) is 0 Å². The molecule has 0 spiro atoms. The summed E-state index contributed by atoms with van der Waals surface area (Å²) in [6.07, 6.45) is 3.18. The molecule has 1 aliphatic rings. The van der Waals surface area contributed by atoms with Gasteiger partial charge in [-0.25, -0.2) is 0 Å². The maximum absolute atomic E-state index is 12.1. The molecule has 0 aromatic heterocycles. The molecule has 1 heterocycles. The fourth-order valence-electron chi connectivity index (χ4n) is 3.41. The van der Waals surface area contributed by atoms with Gasteiger partial charge in [-0.05, 0) is 66.8 Å². The van der Waals surface area contributed by atoms with Crippen LogP contribution in [-0.4, -0.2) is 74.2 Å².